The number of methoxy groups -OCH3 is 3. The van der Waals surface area contributed by atoms with Gasteiger partial charge in [0.25, 0.3) is 0 Å². The first-order valence-electron chi connectivity index (χ1n) is 9.38. The van der Waals surface area contributed by atoms with Crippen LogP contribution in [0.25, 0.3) is 0 Å². The lowest BCUT2D eigenvalue weighted by atomic mass is 10.2. The minimum Gasteiger partial charge on any atom is -0.493 e. The Balaban J connectivity index is 1.80. The fourth-order valence-electron chi connectivity index (χ4n) is 2.77. The normalized spacial score (nSPS) is 10.2. The Kier molecular flexibility index (Phi) is 7.05. The molecular formula is C21H23N5O5. The van der Waals surface area contributed by atoms with E-state index in [-0.39, 0.29) is 0 Å². The Morgan fingerprint density at radius 2 is 1.55 bits per heavy atom. The zero-order valence-corrected chi connectivity index (χ0v) is 17.6. The van der Waals surface area contributed by atoms with Gasteiger partial charge in [-0.25, -0.2) is 14.8 Å². The molecule has 1 aromatic heterocycles. The SMILES string of the molecule is CCOC(=O)c1cccc(Nc2ncnc(Nc3cc(OC)c(OC)c(OC)c3)n2)c1. The second kappa shape index (κ2) is 10.1. The number of esters is 1. The van der Waals surface area contributed by atoms with E-state index in [1.54, 1.807) is 43.3 Å². The third kappa shape index (κ3) is 5.30. The van der Waals surface area contributed by atoms with Crippen LogP contribution in [-0.4, -0.2) is 48.9 Å². The van der Waals surface area contributed by atoms with Gasteiger partial charge in [0.2, 0.25) is 17.6 Å². The van der Waals surface area contributed by atoms with Crippen molar-refractivity contribution < 1.29 is 23.7 Å². The number of hydrogen-bond acceptors (Lipinski definition) is 10. The molecule has 0 fully saturated rings. The van der Waals surface area contributed by atoms with E-state index in [0.29, 0.717) is 52.7 Å². The molecule has 3 rings (SSSR count). The van der Waals surface area contributed by atoms with Crippen molar-refractivity contribution in [2.45, 2.75) is 6.92 Å². The van der Waals surface area contributed by atoms with Gasteiger partial charge in [-0.3, -0.25) is 0 Å². The molecule has 3 aromatic rings. The van der Waals surface area contributed by atoms with Crippen LogP contribution in [0.1, 0.15) is 17.3 Å². The van der Waals surface area contributed by atoms with Crippen LogP contribution in [0.15, 0.2) is 42.7 Å². The van der Waals surface area contributed by atoms with Crippen molar-refractivity contribution in [2.75, 3.05) is 38.6 Å². The number of anilines is 4. The molecule has 31 heavy (non-hydrogen) atoms. The van der Waals surface area contributed by atoms with Gasteiger partial charge in [0.1, 0.15) is 6.33 Å². The predicted octanol–water partition coefficient (Wildman–Crippen LogP) is 3.56. The molecule has 0 bridgehead atoms. The fourth-order valence-corrected chi connectivity index (χ4v) is 2.77. The molecule has 162 valence electrons. The molecule has 0 radical (unpaired) electrons. The summed E-state index contributed by atoms with van der Waals surface area (Å²) in [6.45, 7) is 2.06. The third-order valence-corrected chi connectivity index (χ3v) is 4.12. The lowest BCUT2D eigenvalue weighted by Gasteiger charge is -2.14. The molecule has 2 N–H and O–H groups in total. The zero-order valence-electron chi connectivity index (χ0n) is 17.6. The summed E-state index contributed by atoms with van der Waals surface area (Å²) in [7, 11) is 4.61. The number of hydrogen-bond donors (Lipinski definition) is 2. The van der Waals surface area contributed by atoms with Gasteiger partial charge in [-0.15, -0.1) is 0 Å². The Morgan fingerprint density at radius 3 is 2.13 bits per heavy atom. The number of carbonyl (C=O) groups excluding carboxylic acids is 1. The molecule has 10 heteroatoms. The highest BCUT2D eigenvalue weighted by Crippen LogP contribution is 2.40. The lowest BCUT2D eigenvalue weighted by molar-refractivity contribution is 0.0526. The summed E-state index contributed by atoms with van der Waals surface area (Å²) in [6, 6.07) is 10.3. The van der Waals surface area contributed by atoms with Crippen LogP contribution in [0.5, 0.6) is 17.2 Å². The van der Waals surface area contributed by atoms with E-state index in [9.17, 15) is 4.79 Å². The summed E-state index contributed by atoms with van der Waals surface area (Å²) in [4.78, 5) is 24.5. The molecule has 0 aliphatic heterocycles. The molecule has 0 unspecified atom stereocenters. The maximum absolute atomic E-state index is 11.9. The van der Waals surface area contributed by atoms with Gasteiger partial charge in [0.15, 0.2) is 11.5 Å². The van der Waals surface area contributed by atoms with Crippen LogP contribution < -0.4 is 24.8 Å². The Bertz CT molecular complexity index is 1030. The first-order valence-corrected chi connectivity index (χ1v) is 9.38. The molecule has 0 saturated heterocycles. The summed E-state index contributed by atoms with van der Waals surface area (Å²) >= 11 is 0. The number of rotatable bonds is 9. The number of carbonyl (C=O) groups is 1. The van der Waals surface area contributed by atoms with Crippen molar-refractivity contribution >= 4 is 29.2 Å². The molecule has 10 nitrogen and oxygen atoms in total. The first kappa shape index (κ1) is 21.6. The van der Waals surface area contributed by atoms with Crippen LogP contribution in [0.3, 0.4) is 0 Å². The Morgan fingerprint density at radius 1 is 0.903 bits per heavy atom. The molecule has 1 heterocycles. The monoisotopic (exact) mass is 425 g/mol. The van der Waals surface area contributed by atoms with E-state index >= 15 is 0 Å². The lowest BCUT2D eigenvalue weighted by Crippen LogP contribution is -2.06. The molecule has 0 spiro atoms. The van der Waals surface area contributed by atoms with Gasteiger partial charge >= 0.3 is 5.97 Å². The van der Waals surface area contributed by atoms with E-state index in [1.165, 1.54) is 27.7 Å². The third-order valence-electron chi connectivity index (χ3n) is 4.12. The minimum absolute atomic E-state index is 0.297. The Hall–Kier alpha value is -4.08. The van der Waals surface area contributed by atoms with E-state index < -0.39 is 5.97 Å². The highest BCUT2D eigenvalue weighted by molar-refractivity contribution is 5.90. The molecule has 0 atom stereocenters. The predicted molar refractivity (Wildman–Crippen MR) is 115 cm³/mol. The average Bonchev–Trinajstić information content (AvgIpc) is 2.79. The van der Waals surface area contributed by atoms with Gasteiger partial charge < -0.3 is 29.6 Å². The van der Waals surface area contributed by atoms with E-state index in [2.05, 4.69) is 25.6 Å². The fraction of sp³-hybridized carbons (Fsp3) is 0.238. The molecule has 0 saturated carbocycles. The maximum atomic E-state index is 11.9. The van der Waals surface area contributed by atoms with Crippen LogP contribution in [0.4, 0.5) is 23.3 Å². The average molecular weight is 425 g/mol. The minimum atomic E-state index is -0.397. The summed E-state index contributed by atoms with van der Waals surface area (Å²) in [5.41, 5.74) is 1.70. The molecule has 0 amide bonds. The van der Waals surface area contributed by atoms with Crippen molar-refractivity contribution in [1.82, 2.24) is 15.0 Å². The van der Waals surface area contributed by atoms with Crippen molar-refractivity contribution in [3.63, 3.8) is 0 Å². The van der Waals surface area contributed by atoms with Crippen LogP contribution in [-0.2, 0) is 4.74 Å². The van der Waals surface area contributed by atoms with Crippen molar-refractivity contribution in [3.8, 4) is 17.2 Å². The van der Waals surface area contributed by atoms with E-state index in [1.807, 2.05) is 0 Å². The van der Waals surface area contributed by atoms with Gasteiger partial charge in [-0.1, -0.05) is 6.07 Å². The second-order valence-electron chi connectivity index (χ2n) is 6.10. The van der Waals surface area contributed by atoms with E-state index in [0.717, 1.165) is 0 Å². The number of nitrogens with one attached hydrogen (secondary N) is 2. The summed E-state index contributed by atoms with van der Waals surface area (Å²) in [6.07, 6.45) is 1.37. The van der Waals surface area contributed by atoms with Crippen molar-refractivity contribution in [3.05, 3.63) is 48.3 Å². The van der Waals surface area contributed by atoms with Gasteiger partial charge in [0, 0.05) is 23.5 Å². The summed E-state index contributed by atoms with van der Waals surface area (Å²) in [5, 5.41) is 6.14. The van der Waals surface area contributed by atoms with Crippen LogP contribution in [0, 0.1) is 0 Å². The van der Waals surface area contributed by atoms with Crippen LogP contribution >= 0.6 is 0 Å². The molecule has 0 aliphatic rings. The van der Waals surface area contributed by atoms with Gasteiger partial charge in [-0.05, 0) is 25.1 Å². The molecular weight excluding hydrogens is 402 g/mol. The topological polar surface area (TPSA) is 117 Å². The number of aromatic nitrogens is 3. The standard InChI is InChI=1S/C21H23N5O5/c1-5-31-19(27)13-7-6-8-14(9-13)24-20-22-12-23-21(26-20)25-15-10-16(28-2)18(30-4)17(11-15)29-3/h6-12H,5H2,1-4H3,(H2,22,23,24,25,26). The van der Waals surface area contributed by atoms with Gasteiger partial charge in [-0.2, -0.15) is 4.98 Å². The van der Waals surface area contributed by atoms with Crippen LogP contribution in [0.2, 0.25) is 0 Å². The molecule has 0 aliphatic carbocycles. The highest BCUT2D eigenvalue weighted by Gasteiger charge is 2.14. The number of ether oxygens (including phenoxy) is 4. The Labute approximate surface area is 179 Å². The summed E-state index contributed by atoms with van der Waals surface area (Å²) < 4.78 is 21.1. The smallest absolute Gasteiger partial charge is 0.338 e. The first-order chi connectivity index (χ1) is 15.1. The second-order valence-corrected chi connectivity index (χ2v) is 6.10. The van der Waals surface area contributed by atoms with Crippen molar-refractivity contribution in [1.29, 1.82) is 0 Å². The number of benzene rings is 2. The molecule has 2 aromatic carbocycles. The number of nitrogens with zero attached hydrogens (tertiary/aromatic N) is 3. The highest BCUT2D eigenvalue weighted by atomic mass is 16.5. The quantitative estimate of drug-likeness (QED) is 0.493. The van der Waals surface area contributed by atoms with Crippen molar-refractivity contribution in [2.24, 2.45) is 0 Å². The largest absolute Gasteiger partial charge is 0.493 e. The summed E-state index contributed by atoms with van der Waals surface area (Å²) in [5.74, 6) is 1.67. The van der Waals surface area contributed by atoms with Gasteiger partial charge in [0.05, 0.1) is 33.5 Å². The zero-order chi connectivity index (χ0) is 22.2. The van der Waals surface area contributed by atoms with E-state index in [4.69, 9.17) is 18.9 Å². The maximum Gasteiger partial charge on any atom is 0.338 e.